The van der Waals surface area contributed by atoms with E-state index in [1.165, 1.54) is 0 Å². The molecule has 0 aromatic heterocycles. The van der Waals surface area contributed by atoms with E-state index in [9.17, 15) is 4.79 Å². The monoisotopic (exact) mass is 214 g/mol. The highest BCUT2D eigenvalue weighted by molar-refractivity contribution is 5.94. The third-order valence-corrected chi connectivity index (χ3v) is 2.60. The number of benzene rings is 1. The van der Waals surface area contributed by atoms with Crippen molar-refractivity contribution in [3.05, 3.63) is 35.9 Å². The standard InChI is InChI=1S/C13H14N2O/c14-12-8-9-15(10-12)13(16)7-6-11-4-2-1-3-5-11/h1-5,12H,8-10,14H2/t12-/m1/s1. The lowest BCUT2D eigenvalue weighted by atomic mass is 10.2. The average Bonchev–Trinajstić information content (AvgIpc) is 2.74. The van der Waals surface area contributed by atoms with Crippen LogP contribution in [0, 0.1) is 11.8 Å². The van der Waals surface area contributed by atoms with Gasteiger partial charge in [0.05, 0.1) is 0 Å². The summed E-state index contributed by atoms with van der Waals surface area (Å²) in [5, 5.41) is 0. The Labute approximate surface area is 95.2 Å². The first-order chi connectivity index (χ1) is 7.75. The summed E-state index contributed by atoms with van der Waals surface area (Å²) >= 11 is 0. The van der Waals surface area contributed by atoms with Crippen molar-refractivity contribution in [2.45, 2.75) is 12.5 Å². The Morgan fingerprint density at radius 2 is 2.12 bits per heavy atom. The predicted molar refractivity (Wildman–Crippen MR) is 62.5 cm³/mol. The van der Waals surface area contributed by atoms with Crippen LogP contribution in [0.25, 0.3) is 0 Å². The third kappa shape index (κ3) is 2.62. The topological polar surface area (TPSA) is 46.3 Å². The van der Waals surface area contributed by atoms with Gasteiger partial charge in [0.2, 0.25) is 0 Å². The molecule has 2 rings (SSSR count). The van der Waals surface area contributed by atoms with Crippen molar-refractivity contribution in [3.63, 3.8) is 0 Å². The van der Waals surface area contributed by atoms with E-state index in [-0.39, 0.29) is 11.9 Å². The van der Waals surface area contributed by atoms with Crippen molar-refractivity contribution in [1.29, 1.82) is 0 Å². The molecule has 1 heterocycles. The molecule has 1 fully saturated rings. The maximum atomic E-state index is 11.7. The van der Waals surface area contributed by atoms with Crippen molar-refractivity contribution in [1.82, 2.24) is 4.90 Å². The molecule has 1 aromatic carbocycles. The van der Waals surface area contributed by atoms with E-state index in [0.717, 1.165) is 18.5 Å². The van der Waals surface area contributed by atoms with Gasteiger partial charge in [-0.2, -0.15) is 0 Å². The van der Waals surface area contributed by atoms with E-state index < -0.39 is 0 Å². The second-order valence-corrected chi connectivity index (χ2v) is 3.92. The van der Waals surface area contributed by atoms with Crippen molar-refractivity contribution >= 4 is 5.91 Å². The van der Waals surface area contributed by atoms with E-state index in [0.29, 0.717) is 6.54 Å². The van der Waals surface area contributed by atoms with E-state index in [2.05, 4.69) is 11.8 Å². The number of nitrogens with two attached hydrogens (primary N) is 1. The fraction of sp³-hybridized carbons (Fsp3) is 0.308. The molecule has 16 heavy (non-hydrogen) atoms. The molecule has 1 aliphatic heterocycles. The number of hydrogen-bond donors (Lipinski definition) is 1. The largest absolute Gasteiger partial charge is 0.330 e. The van der Waals surface area contributed by atoms with Crippen LogP contribution in [-0.4, -0.2) is 29.9 Å². The minimum Gasteiger partial charge on any atom is -0.330 e. The summed E-state index contributed by atoms with van der Waals surface area (Å²) in [6.07, 6.45) is 0.874. The molecule has 0 aliphatic carbocycles. The number of carbonyl (C=O) groups is 1. The number of rotatable bonds is 0. The minimum absolute atomic E-state index is 0.113. The molecule has 3 heteroatoms. The summed E-state index contributed by atoms with van der Waals surface area (Å²) in [5.74, 6) is 5.37. The van der Waals surface area contributed by atoms with Crippen LogP contribution in [0.4, 0.5) is 0 Å². The van der Waals surface area contributed by atoms with Gasteiger partial charge in [-0.05, 0) is 18.6 Å². The van der Waals surface area contributed by atoms with E-state index in [1.807, 2.05) is 30.3 Å². The lowest BCUT2D eigenvalue weighted by Crippen LogP contribution is -2.30. The summed E-state index contributed by atoms with van der Waals surface area (Å²) in [6.45, 7) is 1.35. The highest BCUT2D eigenvalue weighted by atomic mass is 16.2. The van der Waals surface area contributed by atoms with E-state index in [1.54, 1.807) is 4.90 Å². The molecule has 1 atom stereocenters. The van der Waals surface area contributed by atoms with Gasteiger partial charge < -0.3 is 10.6 Å². The number of nitrogens with zero attached hydrogens (tertiary/aromatic N) is 1. The fourth-order valence-electron chi connectivity index (χ4n) is 1.70. The van der Waals surface area contributed by atoms with Crippen LogP contribution in [0.1, 0.15) is 12.0 Å². The quantitative estimate of drug-likeness (QED) is 0.643. The SMILES string of the molecule is N[C@@H]1CCN(C(=O)C#Cc2ccccc2)C1. The Hall–Kier alpha value is -1.79. The number of amides is 1. The van der Waals surface area contributed by atoms with E-state index >= 15 is 0 Å². The van der Waals surface area contributed by atoms with Gasteiger partial charge in [0, 0.05) is 30.6 Å². The van der Waals surface area contributed by atoms with Gasteiger partial charge in [0.1, 0.15) is 0 Å². The van der Waals surface area contributed by atoms with Crippen LogP contribution in [-0.2, 0) is 4.79 Å². The molecule has 0 bridgehead atoms. The summed E-state index contributed by atoms with van der Waals surface area (Å²) in [7, 11) is 0. The molecule has 0 saturated carbocycles. The zero-order chi connectivity index (χ0) is 11.4. The number of likely N-dealkylation sites (tertiary alicyclic amines) is 1. The van der Waals surface area contributed by atoms with Gasteiger partial charge in [0.25, 0.3) is 5.91 Å². The Morgan fingerprint density at radius 3 is 2.75 bits per heavy atom. The van der Waals surface area contributed by atoms with Crippen molar-refractivity contribution in [2.75, 3.05) is 13.1 Å². The summed E-state index contributed by atoms with van der Waals surface area (Å²) in [6, 6.07) is 9.61. The summed E-state index contributed by atoms with van der Waals surface area (Å²) < 4.78 is 0. The molecule has 2 N–H and O–H groups in total. The van der Waals surface area contributed by atoms with E-state index in [4.69, 9.17) is 5.73 Å². The number of hydrogen-bond acceptors (Lipinski definition) is 2. The Bertz CT molecular complexity index is 430. The number of carbonyl (C=O) groups excluding carboxylic acids is 1. The zero-order valence-electron chi connectivity index (χ0n) is 9.02. The minimum atomic E-state index is -0.128. The Morgan fingerprint density at radius 1 is 1.38 bits per heavy atom. The molecule has 0 unspecified atom stereocenters. The lowest BCUT2D eigenvalue weighted by molar-refractivity contribution is -0.124. The van der Waals surface area contributed by atoms with Gasteiger partial charge in [0.15, 0.2) is 0 Å². The van der Waals surface area contributed by atoms with Crippen LogP contribution in [0.2, 0.25) is 0 Å². The van der Waals surface area contributed by atoms with Crippen molar-refractivity contribution in [3.8, 4) is 11.8 Å². The molecule has 1 aliphatic rings. The lowest BCUT2D eigenvalue weighted by Gasteiger charge is -2.10. The third-order valence-electron chi connectivity index (χ3n) is 2.60. The highest BCUT2D eigenvalue weighted by Crippen LogP contribution is 2.06. The fourth-order valence-corrected chi connectivity index (χ4v) is 1.70. The maximum absolute atomic E-state index is 11.7. The molecule has 1 aromatic rings. The Kier molecular flexibility index (Phi) is 3.23. The van der Waals surface area contributed by atoms with Gasteiger partial charge in [-0.15, -0.1) is 0 Å². The molecule has 0 radical (unpaired) electrons. The molecule has 1 amide bonds. The van der Waals surface area contributed by atoms with Crippen LogP contribution in [0.15, 0.2) is 30.3 Å². The van der Waals surface area contributed by atoms with Crippen molar-refractivity contribution < 1.29 is 4.79 Å². The average molecular weight is 214 g/mol. The first-order valence-electron chi connectivity index (χ1n) is 5.37. The van der Waals surface area contributed by atoms with Gasteiger partial charge in [-0.1, -0.05) is 24.1 Å². The zero-order valence-corrected chi connectivity index (χ0v) is 9.02. The van der Waals surface area contributed by atoms with Gasteiger partial charge in [-0.3, -0.25) is 4.79 Å². The summed E-state index contributed by atoms with van der Waals surface area (Å²) in [5.41, 5.74) is 6.59. The first kappa shape index (κ1) is 10.7. The smallest absolute Gasteiger partial charge is 0.298 e. The molecular formula is C13H14N2O. The molecule has 1 saturated heterocycles. The highest BCUT2D eigenvalue weighted by Gasteiger charge is 2.21. The van der Waals surface area contributed by atoms with Gasteiger partial charge >= 0.3 is 0 Å². The Balaban J connectivity index is 2.00. The maximum Gasteiger partial charge on any atom is 0.298 e. The molecular weight excluding hydrogens is 200 g/mol. The summed E-state index contributed by atoms with van der Waals surface area (Å²) in [4.78, 5) is 13.4. The van der Waals surface area contributed by atoms with Crippen LogP contribution in [0.5, 0.6) is 0 Å². The van der Waals surface area contributed by atoms with Crippen LogP contribution < -0.4 is 5.73 Å². The molecule has 82 valence electrons. The second kappa shape index (κ2) is 4.82. The molecule has 3 nitrogen and oxygen atoms in total. The first-order valence-corrected chi connectivity index (χ1v) is 5.37. The second-order valence-electron chi connectivity index (χ2n) is 3.92. The molecule has 0 spiro atoms. The van der Waals surface area contributed by atoms with Gasteiger partial charge in [-0.25, -0.2) is 0 Å². The normalized spacial score (nSPS) is 19.1. The van der Waals surface area contributed by atoms with Crippen LogP contribution >= 0.6 is 0 Å². The van der Waals surface area contributed by atoms with Crippen LogP contribution in [0.3, 0.4) is 0 Å². The van der Waals surface area contributed by atoms with Crippen molar-refractivity contribution in [2.24, 2.45) is 5.73 Å². The predicted octanol–water partition coefficient (Wildman–Crippen LogP) is 0.598.